The van der Waals surface area contributed by atoms with Crippen LogP contribution in [0.3, 0.4) is 0 Å². The van der Waals surface area contributed by atoms with Gasteiger partial charge in [-0.3, -0.25) is 19.2 Å². The minimum Gasteiger partial charge on any atom is -0.330 e. The molecule has 2 aliphatic rings. The molecule has 0 aromatic heterocycles. The zero-order valence-electron chi connectivity index (χ0n) is 17.4. The second kappa shape index (κ2) is 10.7. The Bertz CT molecular complexity index is 670. The van der Waals surface area contributed by atoms with Gasteiger partial charge in [0, 0.05) is 25.2 Å². The van der Waals surface area contributed by atoms with Crippen molar-refractivity contribution in [2.75, 3.05) is 0 Å². The van der Waals surface area contributed by atoms with E-state index in [9.17, 15) is 28.8 Å². The van der Waals surface area contributed by atoms with Crippen molar-refractivity contribution in [3.05, 3.63) is 0 Å². The van der Waals surface area contributed by atoms with Gasteiger partial charge in [-0.15, -0.1) is 10.1 Å². The van der Waals surface area contributed by atoms with Gasteiger partial charge in [0.05, 0.1) is 12.8 Å². The fourth-order valence-corrected chi connectivity index (χ4v) is 2.45. The molecular formula is C19H28N2O8. The van der Waals surface area contributed by atoms with Crippen molar-refractivity contribution in [2.45, 2.75) is 66.7 Å². The molecule has 10 heteroatoms. The predicted octanol–water partition coefficient (Wildman–Crippen LogP) is 1.53. The maximum atomic E-state index is 11.4. The lowest BCUT2D eigenvalue weighted by Gasteiger charge is -2.13. The van der Waals surface area contributed by atoms with Crippen LogP contribution < -0.4 is 0 Å². The smallest absolute Gasteiger partial charge is 0.330 e. The molecule has 0 aromatic carbocycles. The standard InChI is InChI=1S/C10H15NO4.C9H13NO4/c1-6(2)4-9(13)15-11-8(12)5-7(3)10(11)14;1-6(2)5-9(13)14-10-7(11)3-4-8(10)12/h6-7H,4-5H2,1-3H3;6H,3-5H2,1-2H3. The molecule has 0 radical (unpaired) electrons. The first-order valence-electron chi connectivity index (χ1n) is 9.56. The van der Waals surface area contributed by atoms with E-state index in [1.807, 2.05) is 27.7 Å². The minimum absolute atomic E-state index is 0.119. The third-order valence-electron chi connectivity index (χ3n) is 3.87. The van der Waals surface area contributed by atoms with Gasteiger partial charge < -0.3 is 9.68 Å². The van der Waals surface area contributed by atoms with Crippen molar-refractivity contribution in [1.29, 1.82) is 0 Å². The van der Waals surface area contributed by atoms with Crippen LogP contribution in [-0.2, 0) is 38.4 Å². The average molecular weight is 412 g/mol. The molecule has 0 spiro atoms. The Kier molecular flexibility index (Phi) is 8.93. The van der Waals surface area contributed by atoms with Crippen LogP contribution in [0.15, 0.2) is 0 Å². The van der Waals surface area contributed by atoms with E-state index in [1.165, 1.54) is 0 Å². The van der Waals surface area contributed by atoms with Crippen LogP contribution in [0, 0.1) is 17.8 Å². The van der Waals surface area contributed by atoms with Crippen LogP contribution >= 0.6 is 0 Å². The lowest BCUT2D eigenvalue weighted by molar-refractivity contribution is -0.198. The van der Waals surface area contributed by atoms with Crippen molar-refractivity contribution in [3.63, 3.8) is 0 Å². The molecule has 0 N–H and O–H groups in total. The van der Waals surface area contributed by atoms with Crippen molar-refractivity contribution >= 4 is 35.6 Å². The molecule has 0 aliphatic carbocycles. The summed E-state index contributed by atoms with van der Waals surface area (Å²) in [6.45, 7) is 9.06. The number of amides is 4. The van der Waals surface area contributed by atoms with Crippen LogP contribution in [0.2, 0.25) is 0 Å². The molecule has 2 heterocycles. The third kappa shape index (κ3) is 7.63. The number of imide groups is 2. The lowest BCUT2D eigenvalue weighted by atomic mass is 10.1. The van der Waals surface area contributed by atoms with E-state index < -0.39 is 35.6 Å². The Balaban J connectivity index is 0.000000291. The summed E-state index contributed by atoms with van der Waals surface area (Å²) in [6.07, 6.45) is 0.790. The van der Waals surface area contributed by atoms with Gasteiger partial charge in [-0.1, -0.05) is 34.6 Å². The van der Waals surface area contributed by atoms with Gasteiger partial charge in [0.25, 0.3) is 23.6 Å². The second-order valence-electron chi connectivity index (χ2n) is 7.84. The molecule has 0 aromatic rings. The van der Waals surface area contributed by atoms with Gasteiger partial charge in [0.15, 0.2) is 0 Å². The molecule has 162 valence electrons. The van der Waals surface area contributed by atoms with Crippen molar-refractivity contribution in [3.8, 4) is 0 Å². The quantitative estimate of drug-likeness (QED) is 0.601. The van der Waals surface area contributed by atoms with Gasteiger partial charge in [0.1, 0.15) is 0 Å². The molecule has 29 heavy (non-hydrogen) atoms. The molecule has 4 amide bonds. The van der Waals surface area contributed by atoms with Gasteiger partial charge in [-0.2, -0.15) is 0 Å². The Morgan fingerprint density at radius 3 is 1.59 bits per heavy atom. The highest BCUT2D eigenvalue weighted by Crippen LogP contribution is 2.19. The second-order valence-corrected chi connectivity index (χ2v) is 7.84. The fourth-order valence-electron chi connectivity index (χ4n) is 2.45. The van der Waals surface area contributed by atoms with Crippen molar-refractivity contribution in [1.82, 2.24) is 10.1 Å². The third-order valence-corrected chi connectivity index (χ3v) is 3.87. The van der Waals surface area contributed by atoms with Gasteiger partial charge in [0.2, 0.25) is 0 Å². The molecule has 10 nitrogen and oxygen atoms in total. The summed E-state index contributed by atoms with van der Waals surface area (Å²) in [4.78, 5) is 76.4. The summed E-state index contributed by atoms with van der Waals surface area (Å²) >= 11 is 0. The largest absolute Gasteiger partial charge is 0.333 e. The Morgan fingerprint density at radius 1 is 0.828 bits per heavy atom. The number of nitrogens with zero attached hydrogens (tertiary/aromatic N) is 2. The van der Waals surface area contributed by atoms with E-state index in [-0.39, 0.29) is 49.9 Å². The lowest BCUT2D eigenvalue weighted by Crippen LogP contribution is -2.33. The summed E-state index contributed by atoms with van der Waals surface area (Å²) < 4.78 is 0. The Hall–Kier alpha value is -2.78. The van der Waals surface area contributed by atoms with Crippen LogP contribution in [0.1, 0.15) is 66.7 Å². The van der Waals surface area contributed by atoms with Crippen molar-refractivity contribution < 1.29 is 38.4 Å². The van der Waals surface area contributed by atoms with Gasteiger partial charge >= 0.3 is 11.9 Å². The molecule has 2 rings (SSSR count). The van der Waals surface area contributed by atoms with Crippen molar-refractivity contribution in [2.24, 2.45) is 17.8 Å². The predicted molar refractivity (Wildman–Crippen MR) is 97.8 cm³/mol. The van der Waals surface area contributed by atoms with E-state index in [4.69, 9.17) is 4.84 Å². The summed E-state index contributed by atoms with van der Waals surface area (Å²) in [5, 5.41) is 1.17. The van der Waals surface area contributed by atoms with E-state index >= 15 is 0 Å². The number of carbonyl (C=O) groups is 6. The zero-order chi connectivity index (χ0) is 22.3. The summed E-state index contributed by atoms with van der Waals surface area (Å²) in [5.74, 6) is -2.92. The molecular weight excluding hydrogens is 384 g/mol. The normalized spacial score (nSPS) is 19.1. The average Bonchev–Trinajstić information content (AvgIpc) is 3.01. The minimum atomic E-state index is -0.541. The van der Waals surface area contributed by atoms with Crippen LogP contribution in [-0.4, -0.2) is 45.7 Å². The molecule has 2 saturated heterocycles. The summed E-state index contributed by atoms with van der Waals surface area (Å²) in [5.41, 5.74) is 0. The van der Waals surface area contributed by atoms with Gasteiger partial charge in [-0.25, -0.2) is 9.59 Å². The Morgan fingerprint density at radius 2 is 1.24 bits per heavy atom. The van der Waals surface area contributed by atoms with E-state index in [2.05, 4.69) is 4.84 Å². The van der Waals surface area contributed by atoms with E-state index in [0.717, 1.165) is 0 Å². The zero-order valence-corrected chi connectivity index (χ0v) is 17.4. The highest BCUT2D eigenvalue weighted by molar-refractivity contribution is 6.03. The number of carbonyl (C=O) groups excluding carboxylic acids is 6. The highest BCUT2D eigenvalue weighted by atomic mass is 16.7. The van der Waals surface area contributed by atoms with Crippen LogP contribution in [0.4, 0.5) is 0 Å². The molecule has 2 fully saturated rings. The SMILES string of the molecule is CC(C)CC(=O)ON1C(=O)CC(C)C1=O.CC(C)CC(=O)ON1C(=O)CCC1=O. The first-order valence-corrected chi connectivity index (χ1v) is 9.56. The summed E-state index contributed by atoms with van der Waals surface area (Å²) in [7, 11) is 0. The monoisotopic (exact) mass is 412 g/mol. The maximum absolute atomic E-state index is 11.4. The molecule has 0 bridgehead atoms. The molecule has 1 unspecified atom stereocenters. The number of rotatable bonds is 6. The maximum Gasteiger partial charge on any atom is 0.333 e. The van der Waals surface area contributed by atoms with E-state index in [0.29, 0.717) is 10.1 Å². The molecule has 0 saturated carbocycles. The Labute approximate surface area is 169 Å². The molecule has 2 aliphatic heterocycles. The first kappa shape index (κ1) is 24.3. The van der Waals surface area contributed by atoms with Crippen LogP contribution in [0.5, 0.6) is 0 Å². The number of hydrogen-bond donors (Lipinski definition) is 0. The summed E-state index contributed by atoms with van der Waals surface area (Å²) in [6, 6.07) is 0. The number of hydrogen-bond acceptors (Lipinski definition) is 8. The highest BCUT2D eigenvalue weighted by Gasteiger charge is 2.38. The first-order chi connectivity index (χ1) is 13.4. The van der Waals surface area contributed by atoms with Crippen LogP contribution in [0.25, 0.3) is 0 Å². The van der Waals surface area contributed by atoms with Gasteiger partial charge in [-0.05, 0) is 11.8 Å². The number of hydroxylamine groups is 4. The fraction of sp³-hybridized carbons (Fsp3) is 0.684. The topological polar surface area (TPSA) is 127 Å². The van der Waals surface area contributed by atoms with E-state index in [1.54, 1.807) is 6.92 Å². The molecule has 1 atom stereocenters.